The molecule has 3 aliphatic heterocycles. The first-order chi connectivity index (χ1) is 12.5. The highest BCUT2D eigenvalue weighted by Gasteiger charge is 2.47. The van der Waals surface area contributed by atoms with E-state index in [1.807, 2.05) is 12.1 Å². The number of nitrogens with zero attached hydrogens (tertiary/aromatic N) is 3. The highest BCUT2D eigenvalue weighted by atomic mass is 32.2. The van der Waals surface area contributed by atoms with Crippen LogP contribution in [0.2, 0.25) is 0 Å². The number of anilines is 1. The fourth-order valence-corrected chi connectivity index (χ4v) is 6.12. The highest BCUT2D eigenvalue weighted by Crippen LogP contribution is 2.47. The second-order valence-corrected chi connectivity index (χ2v) is 10.3. The molecule has 3 heterocycles. The van der Waals surface area contributed by atoms with Crippen molar-refractivity contribution in [1.29, 1.82) is 0 Å². The lowest BCUT2D eigenvalue weighted by Gasteiger charge is -2.40. The number of benzene rings is 1. The number of likely N-dealkylation sites (tertiary alicyclic amines) is 2. The average Bonchev–Trinajstić information content (AvgIpc) is 3.29. The zero-order chi connectivity index (χ0) is 18.2. The summed E-state index contributed by atoms with van der Waals surface area (Å²) in [5, 5.41) is 0. The van der Waals surface area contributed by atoms with Crippen molar-refractivity contribution in [2.24, 2.45) is 0 Å². The number of hydrogen-bond donors (Lipinski definition) is 0. The number of fused-ring (bicyclic) bond motifs is 2. The number of piperidine rings is 1. The molecule has 2 saturated heterocycles. The van der Waals surface area contributed by atoms with Gasteiger partial charge in [-0.2, -0.15) is 0 Å². The molecule has 144 valence electrons. The number of rotatable bonds is 5. The van der Waals surface area contributed by atoms with Crippen molar-refractivity contribution in [2.45, 2.75) is 38.0 Å². The molecule has 3 aliphatic rings. The van der Waals surface area contributed by atoms with Gasteiger partial charge in [-0.15, -0.1) is 0 Å². The van der Waals surface area contributed by atoms with Crippen LogP contribution in [0.25, 0.3) is 0 Å². The molecule has 5 nitrogen and oxygen atoms in total. The Kier molecular flexibility index (Phi) is 5.01. The van der Waals surface area contributed by atoms with E-state index in [2.05, 4.69) is 21.9 Å². The molecule has 6 heteroatoms. The van der Waals surface area contributed by atoms with E-state index in [-0.39, 0.29) is 11.2 Å². The van der Waals surface area contributed by atoms with Gasteiger partial charge in [0, 0.05) is 25.0 Å². The van der Waals surface area contributed by atoms with Gasteiger partial charge < -0.3 is 9.80 Å². The predicted octanol–water partition coefficient (Wildman–Crippen LogP) is 2.29. The first kappa shape index (κ1) is 18.3. The summed E-state index contributed by atoms with van der Waals surface area (Å²) in [5.41, 5.74) is 2.17. The molecule has 26 heavy (non-hydrogen) atoms. The summed E-state index contributed by atoms with van der Waals surface area (Å²) in [6.07, 6.45) is 4.81. The molecule has 1 aromatic rings. The van der Waals surface area contributed by atoms with Gasteiger partial charge in [0.2, 0.25) is 10.0 Å². The minimum Gasteiger partial charge on any atom is -0.302 e. The van der Waals surface area contributed by atoms with Gasteiger partial charge in [0.25, 0.3) is 0 Å². The van der Waals surface area contributed by atoms with Crippen LogP contribution >= 0.6 is 0 Å². The predicted molar refractivity (Wildman–Crippen MR) is 106 cm³/mol. The van der Waals surface area contributed by atoms with Crippen molar-refractivity contribution in [2.75, 3.05) is 55.9 Å². The van der Waals surface area contributed by atoms with Crippen molar-refractivity contribution in [3.8, 4) is 0 Å². The third kappa shape index (κ3) is 3.27. The van der Waals surface area contributed by atoms with Gasteiger partial charge in [0.1, 0.15) is 0 Å². The minimum atomic E-state index is -3.21. The smallest absolute Gasteiger partial charge is 0.234 e. The second kappa shape index (κ2) is 7.13. The van der Waals surface area contributed by atoms with Gasteiger partial charge in [0.15, 0.2) is 0 Å². The summed E-state index contributed by atoms with van der Waals surface area (Å²) in [4.78, 5) is 5.15. The standard InChI is InChI=1S/C20H31N3O2S/c1-2-26(24,25)23-17-20(18-7-3-4-8-19(18)23)9-13-22(14-10-20)16-15-21-11-5-6-12-21/h3-4,7-8H,2,5-6,9-17H2,1H3. The summed E-state index contributed by atoms with van der Waals surface area (Å²) in [6, 6.07) is 8.15. The molecule has 0 atom stereocenters. The maximum atomic E-state index is 12.6. The number of sulfonamides is 1. The van der Waals surface area contributed by atoms with E-state index in [9.17, 15) is 8.42 Å². The molecule has 4 rings (SSSR count). The van der Waals surface area contributed by atoms with Gasteiger partial charge >= 0.3 is 0 Å². The maximum absolute atomic E-state index is 12.6. The molecule has 0 amide bonds. The van der Waals surface area contributed by atoms with Crippen LogP contribution in [0.15, 0.2) is 24.3 Å². The summed E-state index contributed by atoms with van der Waals surface area (Å²) in [6.45, 7) is 9.36. The van der Waals surface area contributed by atoms with E-state index in [1.54, 1.807) is 11.2 Å². The van der Waals surface area contributed by atoms with Crippen LogP contribution in [0.5, 0.6) is 0 Å². The molecule has 0 unspecified atom stereocenters. The quantitative estimate of drug-likeness (QED) is 0.790. The molecular weight excluding hydrogens is 346 g/mol. The van der Waals surface area contributed by atoms with E-state index >= 15 is 0 Å². The summed E-state index contributed by atoms with van der Waals surface area (Å²) in [5.74, 6) is 0.166. The number of hydrogen-bond acceptors (Lipinski definition) is 4. The summed E-state index contributed by atoms with van der Waals surface area (Å²) < 4.78 is 26.9. The Hall–Kier alpha value is -1.11. The van der Waals surface area contributed by atoms with Crippen molar-refractivity contribution in [3.05, 3.63) is 29.8 Å². The maximum Gasteiger partial charge on any atom is 0.234 e. The van der Waals surface area contributed by atoms with Crippen LogP contribution in [0.4, 0.5) is 5.69 Å². The topological polar surface area (TPSA) is 43.9 Å². The lowest BCUT2D eigenvalue weighted by Crippen LogP contribution is -2.47. The van der Waals surface area contributed by atoms with Gasteiger partial charge in [-0.05, 0) is 70.4 Å². The molecule has 0 aliphatic carbocycles. The zero-order valence-electron chi connectivity index (χ0n) is 15.9. The molecule has 0 radical (unpaired) electrons. The third-order valence-electron chi connectivity index (χ3n) is 6.64. The van der Waals surface area contributed by atoms with Crippen molar-refractivity contribution in [3.63, 3.8) is 0 Å². The minimum absolute atomic E-state index is 0.00295. The molecule has 2 fully saturated rings. The second-order valence-electron chi connectivity index (χ2n) is 8.10. The zero-order valence-corrected chi connectivity index (χ0v) is 16.7. The molecule has 0 bridgehead atoms. The van der Waals surface area contributed by atoms with Crippen LogP contribution in [0.3, 0.4) is 0 Å². The van der Waals surface area contributed by atoms with Crippen molar-refractivity contribution >= 4 is 15.7 Å². The third-order valence-corrected chi connectivity index (χ3v) is 8.36. The van der Waals surface area contributed by atoms with Crippen LogP contribution in [0.1, 0.15) is 38.2 Å². The van der Waals surface area contributed by atoms with Gasteiger partial charge in [-0.3, -0.25) is 4.31 Å². The van der Waals surface area contributed by atoms with E-state index in [1.165, 1.54) is 38.0 Å². The molecule has 0 saturated carbocycles. The van der Waals surface area contributed by atoms with Gasteiger partial charge in [-0.1, -0.05) is 18.2 Å². The first-order valence-electron chi connectivity index (χ1n) is 10.1. The normalized spacial score (nSPS) is 23.7. The average molecular weight is 378 g/mol. The van der Waals surface area contributed by atoms with Gasteiger partial charge in [-0.25, -0.2) is 8.42 Å². The molecular formula is C20H31N3O2S. The first-order valence-corrected chi connectivity index (χ1v) is 11.7. The Labute approximate surface area is 158 Å². The Morgan fingerprint density at radius 2 is 1.58 bits per heavy atom. The lowest BCUT2D eigenvalue weighted by molar-refractivity contribution is 0.151. The highest BCUT2D eigenvalue weighted by molar-refractivity contribution is 7.92. The monoisotopic (exact) mass is 377 g/mol. The van der Waals surface area contributed by atoms with Crippen LogP contribution in [-0.4, -0.2) is 69.8 Å². The Bertz CT molecular complexity index is 735. The number of para-hydroxylation sites is 1. The molecule has 1 aromatic carbocycles. The van der Waals surface area contributed by atoms with E-state index in [4.69, 9.17) is 0 Å². The SMILES string of the molecule is CCS(=O)(=O)N1CC2(CCN(CCN3CCCC3)CC2)c2ccccc21. The van der Waals surface area contributed by atoms with Crippen LogP contribution < -0.4 is 4.31 Å². The molecule has 0 aromatic heterocycles. The van der Waals surface area contributed by atoms with Gasteiger partial charge in [0.05, 0.1) is 11.4 Å². The van der Waals surface area contributed by atoms with E-state index in [0.29, 0.717) is 6.54 Å². The Balaban J connectivity index is 1.46. The fourth-order valence-electron chi connectivity index (χ4n) is 4.91. The Morgan fingerprint density at radius 1 is 0.962 bits per heavy atom. The fraction of sp³-hybridized carbons (Fsp3) is 0.700. The van der Waals surface area contributed by atoms with Crippen molar-refractivity contribution < 1.29 is 8.42 Å². The van der Waals surface area contributed by atoms with Crippen LogP contribution in [0, 0.1) is 0 Å². The van der Waals surface area contributed by atoms with Crippen LogP contribution in [-0.2, 0) is 15.4 Å². The summed E-state index contributed by atoms with van der Waals surface area (Å²) >= 11 is 0. The molecule has 1 spiro atoms. The van der Waals surface area contributed by atoms with Crippen molar-refractivity contribution in [1.82, 2.24) is 9.80 Å². The van der Waals surface area contributed by atoms with E-state index in [0.717, 1.165) is 38.2 Å². The van der Waals surface area contributed by atoms with E-state index < -0.39 is 10.0 Å². The largest absolute Gasteiger partial charge is 0.302 e. The summed E-state index contributed by atoms with van der Waals surface area (Å²) in [7, 11) is -3.21. The lowest BCUT2D eigenvalue weighted by atomic mass is 9.74. The molecule has 0 N–H and O–H groups in total. The Morgan fingerprint density at radius 3 is 2.23 bits per heavy atom.